The number of fused-ring (bicyclic) bond motifs is 1. The van der Waals surface area contributed by atoms with Crippen LogP contribution in [0.1, 0.15) is 54.1 Å². The molecule has 0 amide bonds. The first-order valence-electron chi connectivity index (χ1n) is 8.27. The van der Waals surface area contributed by atoms with Crippen LogP contribution in [0.3, 0.4) is 0 Å². The molecule has 0 saturated heterocycles. The molecule has 3 rings (SSSR count). The van der Waals surface area contributed by atoms with Gasteiger partial charge < -0.3 is 5.11 Å². The van der Waals surface area contributed by atoms with E-state index in [2.05, 4.69) is 10.1 Å². The number of carboxylic acids is 1. The molecule has 0 bridgehead atoms. The van der Waals surface area contributed by atoms with Crippen LogP contribution < -0.4 is 0 Å². The molecule has 0 radical (unpaired) electrons. The topological polar surface area (TPSA) is 67.5 Å². The first-order chi connectivity index (χ1) is 11.9. The van der Waals surface area contributed by atoms with Gasteiger partial charge in [0.05, 0.1) is 17.0 Å². The molecule has 130 valence electrons. The highest BCUT2D eigenvalue weighted by Crippen LogP contribution is 2.33. The molecule has 0 atom stereocenters. The normalized spacial score (nSPS) is 11.4. The highest BCUT2D eigenvalue weighted by molar-refractivity contribution is 5.90. The van der Waals surface area contributed by atoms with Gasteiger partial charge in [0.25, 0.3) is 0 Å². The number of aromatic carboxylic acids is 1. The summed E-state index contributed by atoms with van der Waals surface area (Å²) < 4.78 is 16.0. The summed E-state index contributed by atoms with van der Waals surface area (Å²) in [6, 6.07) is 6.39. The number of aromatic nitrogens is 3. The van der Waals surface area contributed by atoms with E-state index >= 15 is 0 Å². The lowest BCUT2D eigenvalue weighted by Gasteiger charge is -2.16. The zero-order chi connectivity index (χ0) is 18.3. The third-order valence-electron chi connectivity index (χ3n) is 4.32. The van der Waals surface area contributed by atoms with Crippen molar-refractivity contribution in [3.05, 3.63) is 52.7 Å². The van der Waals surface area contributed by atoms with Gasteiger partial charge >= 0.3 is 5.97 Å². The van der Waals surface area contributed by atoms with Crippen LogP contribution in [-0.4, -0.2) is 25.7 Å². The average Bonchev–Trinajstić information content (AvgIpc) is 2.88. The lowest BCUT2D eigenvalue weighted by molar-refractivity contribution is 0.0689. The number of rotatable bonds is 4. The van der Waals surface area contributed by atoms with E-state index in [-0.39, 0.29) is 17.4 Å². The molecular formula is C19H20FN3O2. The number of carboxylic acid groups (broad SMARTS) is 1. The summed E-state index contributed by atoms with van der Waals surface area (Å²) in [7, 11) is 0. The maximum Gasteiger partial charge on any atom is 0.354 e. The molecule has 25 heavy (non-hydrogen) atoms. The van der Waals surface area contributed by atoms with Crippen molar-refractivity contribution >= 4 is 11.6 Å². The van der Waals surface area contributed by atoms with E-state index in [4.69, 9.17) is 0 Å². The fourth-order valence-corrected chi connectivity index (χ4v) is 3.31. The number of halogens is 1. The molecule has 0 aliphatic heterocycles. The Bertz CT molecular complexity index is 976. The molecule has 1 aromatic carbocycles. The molecule has 0 unspecified atom stereocenters. The van der Waals surface area contributed by atoms with Crippen molar-refractivity contribution < 1.29 is 14.3 Å². The van der Waals surface area contributed by atoms with Crippen molar-refractivity contribution in [3.8, 4) is 11.1 Å². The molecule has 2 heterocycles. The van der Waals surface area contributed by atoms with E-state index in [1.165, 1.54) is 6.07 Å². The summed E-state index contributed by atoms with van der Waals surface area (Å²) in [4.78, 5) is 16.1. The molecule has 6 heteroatoms. The Hall–Kier alpha value is -2.76. The second-order valence-electron chi connectivity index (χ2n) is 6.31. The van der Waals surface area contributed by atoms with E-state index in [1.54, 1.807) is 29.6 Å². The van der Waals surface area contributed by atoms with Gasteiger partial charge in [0.1, 0.15) is 5.82 Å². The summed E-state index contributed by atoms with van der Waals surface area (Å²) in [5, 5.41) is 14.2. The minimum Gasteiger partial charge on any atom is -0.476 e. The van der Waals surface area contributed by atoms with Crippen molar-refractivity contribution in [2.75, 3.05) is 0 Å². The van der Waals surface area contributed by atoms with Gasteiger partial charge in [0.2, 0.25) is 0 Å². The Kier molecular flexibility index (Phi) is 4.29. The van der Waals surface area contributed by atoms with E-state index in [0.29, 0.717) is 34.5 Å². The van der Waals surface area contributed by atoms with Crippen LogP contribution in [-0.2, 0) is 6.42 Å². The van der Waals surface area contributed by atoms with Gasteiger partial charge in [-0.15, -0.1) is 0 Å². The summed E-state index contributed by atoms with van der Waals surface area (Å²) in [6.07, 6.45) is 0.534. The first kappa shape index (κ1) is 17.1. The molecule has 5 nitrogen and oxygen atoms in total. The number of hydrogen-bond donors (Lipinski definition) is 1. The zero-order valence-corrected chi connectivity index (χ0v) is 14.7. The Morgan fingerprint density at radius 2 is 2.00 bits per heavy atom. The Balaban J connectivity index is 2.49. The van der Waals surface area contributed by atoms with Gasteiger partial charge in [-0.3, -0.25) is 0 Å². The number of benzene rings is 1. The maximum absolute atomic E-state index is 14.3. The van der Waals surface area contributed by atoms with Crippen molar-refractivity contribution in [1.29, 1.82) is 0 Å². The monoisotopic (exact) mass is 341 g/mol. The van der Waals surface area contributed by atoms with Crippen LogP contribution in [0.15, 0.2) is 24.3 Å². The van der Waals surface area contributed by atoms with Crippen molar-refractivity contribution in [2.24, 2.45) is 0 Å². The van der Waals surface area contributed by atoms with Gasteiger partial charge in [-0.25, -0.2) is 18.7 Å². The average molecular weight is 341 g/mol. The van der Waals surface area contributed by atoms with E-state index in [9.17, 15) is 14.3 Å². The third-order valence-corrected chi connectivity index (χ3v) is 4.32. The smallest absolute Gasteiger partial charge is 0.354 e. The molecule has 0 aliphatic rings. The van der Waals surface area contributed by atoms with Gasteiger partial charge in [-0.05, 0) is 25.3 Å². The molecule has 0 saturated carbocycles. The predicted molar refractivity (Wildman–Crippen MR) is 93.5 cm³/mol. The van der Waals surface area contributed by atoms with Crippen LogP contribution in [0.25, 0.3) is 16.8 Å². The fourth-order valence-electron chi connectivity index (χ4n) is 3.31. The molecular weight excluding hydrogens is 321 g/mol. The van der Waals surface area contributed by atoms with Crippen molar-refractivity contribution in [1.82, 2.24) is 14.6 Å². The molecule has 3 aromatic rings. The second-order valence-corrected chi connectivity index (χ2v) is 6.31. The van der Waals surface area contributed by atoms with Gasteiger partial charge in [-0.1, -0.05) is 39.0 Å². The van der Waals surface area contributed by atoms with Crippen molar-refractivity contribution in [3.63, 3.8) is 0 Å². The Labute approximate surface area is 145 Å². The van der Waals surface area contributed by atoms with Crippen LogP contribution in [0.2, 0.25) is 0 Å². The molecule has 2 aromatic heterocycles. The predicted octanol–water partition coefficient (Wildman–Crippen LogP) is 4.23. The second kappa shape index (κ2) is 6.27. The maximum atomic E-state index is 14.3. The first-order valence-corrected chi connectivity index (χ1v) is 8.27. The van der Waals surface area contributed by atoms with Gasteiger partial charge in [-0.2, -0.15) is 5.10 Å². The van der Waals surface area contributed by atoms with E-state index in [0.717, 1.165) is 5.69 Å². The lowest BCUT2D eigenvalue weighted by Crippen LogP contribution is -2.15. The van der Waals surface area contributed by atoms with Crippen molar-refractivity contribution in [2.45, 2.75) is 40.0 Å². The van der Waals surface area contributed by atoms with Gasteiger partial charge in [0, 0.05) is 11.1 Å². The Morgan fingerprint density at radius 3 is 2.56 bits per heavy atom. The van der Waals surface area contributed by atoms with Crippen LogP contribution in [0.4, 0.5) is 4.39 Å². The minimum absolute atomic E-state index is 0.0104. The lowest BCUT2D eigenvalue weighted by atomic mass is 9.99. The van der Waals surface area contributed by atoms with E-state index < -0.39 is 5.97 Å². The highest BCUT2D eigenvalue weighted by atomic mass is 19.1. The summed E-state index contributed by atoms with van der Waals surface area (Å²) in [5.41, 5.74) is 3.37. The SMILES string of the molecule is CCc1c(C(=O)O)nc2c(-c3ccccc3F)c(C)nn2c1C(C)C. The number of hydrogen-bond acceptors (Lipinski definition) is 3. The molecule has 0 aliphatic carbocycles. The number of carbonyl (C=O) groups is 1. The number of aryl methyl sites for hydroxylation is 1. The standard InChI is InChI=1S/C19H20FN3O2/c1-5-12-16(19(24)25)21-18-15(13-8-6-7-9-14(13)20)11(4)22-23(18)17(12)10(2)3/h6-10H,5H2,1-4H3,(H,24,25). The van der Waals surface area contributed by atoms with E-state index in [1.807, 2.05) is 20.8 Å². The number of nitrogens with zero attached hydrogens (tertiary/aromatic N) is 3. The third kappa shape index (κ3) is 2.67. The minimum atomic E-state index is -1.08. The molecule has 1 N–H and O–H groups in total. The fraction of sp³-hybridized carbons (Fsp3) is 0.316. The summed E-state index contributed by atoms with van der Waals surface area (Å²) in [5.74, 6) is -1.42. The summed E-state index contributed by atoms with van der Waals surface area (Å²) >= 11 is 0. The van der Waals surface area contributed by atoms with Crippen LogP contribution >= 0.6 is 0 Å². The van der Waals surface area contributed by atoms with Crippen LogP contribution in [0, 0.1) is 12.7 Å². The zero-order valence-electron chi connectivity index (χ0n) is 14.7. The quantitative estimate of drug-likeness (QED) is 0.771. The summed E-state index contributed by atoms with van der Waals surface area (Å²) in [6.45, 7) is 7.65. The van der Waals surface area contributed by atoms with Gasteiger partial charge in [0.15, 0.2) is 11.3 Å². The molecule has 0 fully saturated rings. The van der Waals surface area contributed by atoms with Crippen LogP contribution in [0.5, 0.6) is 0 Å². The Morgan fingerprint density at radius 1 is 1.32 bits per heavy atom. The molecule has 0 spiro atoms. The highest BCUT2D eigenvalue weighted by Gasteiger charge is 2.25. The largest absolute Gasteiger partial charge is 0.476 e.